The molecule has 1 N–H and O–H groups in total. The number of terminal acetylenes is 1. The van der Waals surface area contributed by atoms with Crippen molar-refractivity contribution in [3.63, 3.8) is 0 Å². The standard InChI is InChI=1S/C13H20N2O2/c1-5-9(4)14-11-8-12(16)15(13(11)17)10(6-2)7-3/h1,9-11,14H,6-8H2,2-4H3. The van der Waals surface area contributed by atoms with E-state index in [1.165, 1.54) is 4.90 Å². The number of amides is 2. The average molecular weight is 236 g/mol. The van der Waals surface area contributed by atoms with Gasteiger partial charge in [-0.15, -0.1) is 6.42 Å². The first-order chi connectivity index (χ1) is 8.04. The van der Waals surface area contributed by atoms with Crippen LogP contribution in [0.5, 0.6) is 0 Å². The van der Waals surface area contributed by atoms with E-state index in [-0.39, 0.29) is 30.3 Å². The first-order valence-electron chi connectivity index (χ1n) is 6.13. The lowest BCUT2D eigenvalue weighted by Crippen LogP contribution is -2.45. The van der Waals surface area contributed by atoms with E-state index in [0.717, 1.165) is 12.8 Å². The second-order valence-corrected chi connectivity index (χ2v) is 4.38. The molecular weight excluding hydrogens is 216 g/mol. The highest BCUT2D eigenvalue weighted by Gasteiger charge is 2.41. The van der Waals surface area contributed by atoms with Gasteiger partial charge >= 0.3 is 0 Å². The number of rotatable bonds is 5. The SMILES string of the molecule is C#CC(C)NC1CC(=O)N(C(CC)CC)C1=O. The second-order valence-electron chi connectivity index (χ2n) is 4.38. The molecule has 1 fully saturated rings. The number of hydrogen-bond acceptors (Lipinski definition) is 3. The molecule has 0 radical (unpaired) electrons. The Morgan fingerprint density at radius 3 is 2.53 bits per heavy atom. The van der Waals surface area contributed by atoms with Crippen molar-refractivity contribution in [2.24, 2.45) is 0 Å². The summed E-state index contributed by atoms with van der Waals surface area (Å²) in [6, 6.07) is -0.629. The number of nitrogens with one attached hydrogen (secondary N) is 1. The number of hydrogen-bond donors (Lipinski definition) is 1. The maximum Gasteiger partial charge on any atom is 0.247 e. The lowest BCUT2D eigenvalue weighted by molar-refractivity contribution is -0.141. The van der Waals surface area contributed by atoms with Crippen LogP contribution < -0.4 is 5.32 Å². The van der Waals surface area contributed by atoms with Crippen molar-refractivity contribution in [2.45, 2.75) is 58.2 Å². The van der Waals surface area contributed by atoms with Crippen molar-refractivity contribution in [1.29, 1.82) is 0 Å². The van der Waals surface area contributed by atoms with E-state index < -0.39 is 6.04 Å². The minimum atomic E-state index is -0.450. The minimum absolute atomic E-state index is 0.0166. The minimum Gasteiger partial charge on any atom is -0.292 e. The Balaban J connectivity index is 2.75. The monoisotopic (exact) mass is 236 g/mol. The van der Waals surface area contributed by atoms with Gasteiger partial charge in [0.1, 0.15) is 0 Å². The zero-order valence-electron chi connectivity index (χ0n) is 10.7. The number of nitrogens with zero attached hydrogens (tertiary/aromatic N) is 1. The summed E-state index contributed by atoms with van der Waals surface area (Å²) in [5, 5.41) is 2.99. The van der Waals surface area contributed by atoms with Crippen molar-refractivity contribution < 1.29 is 9.59 Å². The molecule has 0 bridgehead atoms. The Morgan fingerprint density at radius 2 is 2.06 bits per heavy atom. The maximum absolute atomic E-state index is 12.1. The molecule has 94 valence electrons. The zero-order valence-corrected chi connectivity index (χ0v) is 10.7. The van der Waals surface area contributed by atoms with Gasteiger partial charge in [-0.3, -0.25) is 19.8 Å². The number of likely N-dealkylation sites (tertiary alicyclic amines) is 1. The smallest absolute Gasteiger partial charge is 0.247 e. The quantitative estimate of drug-likeness (QED) is 0.570. The highest BCUT2D eigenvalue weighted by atomic mass is 16.2. The van der Waals surface area contributed by atoms with E-state index in [9.17, 15) is 9.59 Å². The van der Waals surface area contributed by atoms with Gasteiger partial charge in [0.05, 0.1) is 18.5 Å². The van der Waals surface area contributed by atoms with Gasteiger partial charge in [0.25, 0.3) is 0 Å². The van der Waals surface area contributed by atoms with Crippen LogP contribution in [0, 0.1) is 12.3 Å². The van der Waals surface area contributed by atoms with Crippen molar-refractivity contribution in [3.05, 3.63) is 0 Å². The molecule has 1 saturated heterocycles. The van der Waals surface area contributed by atoms with Crippen molar-refractivity contribution >= 4 is 11.8 Å². The fraction of sp³-hybridized carbons (Fsp3) is 0.692. The summed E-state index contributed by atoms with van der Waals surface area (Å²) in [6.07, 6.45) is 7.07. The molecule has 0 spiro atoms. The Morgan fingerprint density at radius 1 is 1.47 bits per heavy atom. The van der Waals surface area contributed by atoms with Gasteiger partial charge in [0.15, 0.2) is 0 Å². The largest absolute Gasteiger partial charge is 0.292 e. The van der Waals surface area contributed by atoms with E-state index >= 15 is 0 Å². The van der Waals surface area contributed by atoms with Gasteiger partial charge in [0.2, 0.25) is 11.8 Å². The van der Waals surface area contributed by atoms with Crippen LogP contribution in [0.1, 0.15) is 40.0 Å². The summed E-state index contributed by atoms with van der Waals surface area (Å²) in [5.41, 5.74) is 0. The third-order valence-corrected chi connectivity index (χ3v) is 3.19. The third kappa shape index (κ3) is 2.86. The van der Waals surface area contributed by atoms with E-state index in [0.29, 0.717) is 0 Å². The molecule has 1 aliphatic rings. The fourth-order valence-electron chi connectivity index (χ4n) is 2.17. The van der Waals surface area contributed by atoms with E-state index in [1.54, 1.807) is 6.92 Å². The van der Waals surface area contributed by atoms with Crippen LogP contribution >= 0.6 is 0 Å². The van der Waals surface area contributed by atoms with E-state index in [2.05, 4.69) is 11.2 Å². The van der Waals surface area contributed by atoms with Gasteiger partial charge in [-0.25, -0.2) is 0 Å². The number of carbonyl (C=O) groups is 2. The predicted octanol–water partition coefficient (Wildman–Crippen LogP) is 0.914. The van der Waals surface area contributed by atoms with Crippen LogP contribution in [0.2, 0.25) is 0 Å². The van der Waals surface area contributed by atoms with Crippen LogP contribution in [0.25, 0.3) is 0 Å². The van der Waals surface area contributed by atoms with Crippen LogP contribution in [-0.4, -0.2) is 34.8 Å². The first kappa shape index (κ1) is 13.7. The normalized spacial score (nSPS) is 22.1. The molecule has 1 aliphatic heterocycles. The number of carbonyl (C=O) groups excluding carboxylic acids is 2. The molecular formula is C13H20N2O2. The first-order valence-corrected chi connectivity index (χ1v) is 6.13. The summed E-state index contributed by atoms with van der Waals surface area (Å²) >= 11 is 0. The Hall–Kier alpha value is -1.34. The Bertz CT molecular complexity index is 342. The lowest BCUT2D eigenvalue weighted by atomic mass is 10.1. The van der Waals surface area contributed by atoms with Gasteiger partial charge in [-0.1, -0.05) is 19.8 Å². The zero-order chi connectivity index (χ0) is 13.0. The van der Waals surface area contributed by atoms with Crippen molar-refractivity contribution in [2.75, 3.05) is 0 Å². The topological polar surface area (TPSA) is 49.4 Å². The Labute approximate surface area is 103 Å². The molecule has 1 heterocycles. The predicted molar refractivity (Wildman–Crippen MR) is 66.1 cm³/mol. The molecule has 0 aromatic carbocycles. The van der Waals surface area contributed by atoms with E-state index in [1.807, 2.05) is 13.8 Å². The van der Waals surface area contributed by atoms with Crippen LogP contribution in [0.15, 0.2) is 0 Å². The molecule has 4 nitrogen and oxygen atoms in total. The lowest BCUT2D eigenvalue weighted by Gasteiger charge is -2.24. The second kappa shape index (κ2) is 5.83. The van der Waals surface area contributed by atoms with Gasteiger partial charge in [0, 0.05) is 6.04 Å². The maximum atomic E-state index is 12.1. The van der Waals surface area contributed by atoms with Gasteiger partial charge < -0.3 is 0 Å². The highest BCUT2D eigenvalue weighted by molar-refractivity contribution is 6.05. The summed E-state index contributed by atoms with van der Waals surface area (Å²) in [5.74, 6) is 2.28. The van der Waals surface area contributed by atoms with E-state index in [4.69, 9.17) is 6.42 Å². The Kier molecular flexibility index (Phi) is 4.71. The molecule has 1 rings (SSSR count). The molecule has 0 aliphatic carbocycles. The summed E-state index contributed by atoms with van der Waals surface area (Å²) in [7, 11) is 0. The van der Waals surface area contributed by atoms with Crippen molar-refractivity contribution in [1.82, 2.24) is 10.2 Å². The third-order valence-electron chi connectivity index (χ3n) is 3.19. The van der Waals surface area contributed by atoms with Gasteiger partial charge in [-0.05, 0) is 19.8 Å². The molecule has 17 heavy (non-hydrogen) atoms. The van der Waals surface area contributed by atoms with Crippen molar-refractivity contribution in [3.8, 4) is 12.3 Å². The fourth-order valence-corrected chi connectivity index (χ4v) is 2.17. The molecule has 4 heteroatoms. The van der Waals surface area contributed by atoms with Gasteiger partial charge in [-0.2, -0.15) is 0 Å². The summed E-state index contributed by atoms with van der Waals surface area (Å²) in [6.45, 7) is 5.77. The highest BCUT2D eigenvalue weighted by Crippen LogP contribution is 2.20. The number of imide groups is 1. The van der Waals surface area contributed by atoms with Crippen LogP contribution in [-0.2, 0) is 9.59 Å². The molecule has 0 saturated carbocycles. The molecule has 2 amide bonds. The molecule has 0 aromatic heterocycles. The van der Waals surface area contributed by atoms with Crippen LogP contribution in [0.4, 0.5) is 0 Å². The summed E-state index contributed by atoms with van der Waals surface area (Å²) in [4.78, 5) is 25.3. The van der Waals surface area contributed by atoms with Crippen LogP contribution in [0.3, 0.4) is 0 Å². The molecule has 2 unspecified atom stereocenters. The average Bonchev–Trinajstić information content (AvgIpc) is 2.58. The summed E-state index contributed by atoms with van der Waals surface area (Å²) < 4.78 is 0. The molecule has 0 aromatic rings. The molecule has 2 atom stereocenters.